The monoisotopic (exact) mass is 343 g/mol. The fraction of sp³-hybridized carbons (Fsp3) is 0.471. The van der Waals surface area contributed by atoms with Gasteiger partial charge in [0.1, 0.15) is 29.8 Å². The van der Waals surface area contributed by atoms with E-state index in [9.17, 15) is 0 Å². The lowest BCUT2D eigenvalue weighted by Gasteiger charge is -2.48. The highest BCUT2D eigenvalue weighted by atomic mass is 32.2. The summed E-state index contributed by atoms with van der Waals surface area (Å²) in [4.78, 5) is 17.2. The lowest BCUT2D eigenvalue weighted by atomic mass is 9.93. The number of hydrogen-bond acceptors (Lipinski definition) is 7. The van der Waals surface area contributed by atoms with Crippen molar-refractivity contribution in [3.8, 4) is 5.75 Å². The molecule has 0 radical (unpaired) electrons. The third-order valence-corrected chi connectivity index (χ3v) is 6.07. The van der Waals surface area contributed by atoms with Gasteiger partial charge in [-0.25, -0.2) is 9.97 Å². The number of rotatable bonds is 4. The smallest absolute Gasteiger partial charge is 0.138 e. The molecule has 2 fully saturated rings. The van der Waals surface area contributed by atoms with Crippen molar-refractivity contribution in [3.63, 3.8) is 0 Å². The third kappa shape index (κ3) is 3.00. The molecule has 0 amide bonds. The molecule has 0 bridgehead atoms. The maximum Gasteiger partial charge on any atom is 0.138 e. The number of thioether (sulfide) groups is 1. The summed E-state index contributed by atoms with van der Waals surface area (Å²) >= 11 is 2.03. The molecule has 0 saturated carbocycles. The average Bonchev–Trinajstić information content (AvgIpc) is 2.99. The molecule has 2 aromatic heterocycles. The highest BCUT2D eigenvalue weighted by molar-refractivity contribution is 8.01. The molecule has 2 aliphatic heterocycles. The van der Waals surface area contributed by atoms with E-state index in [1.165, 1.54) is 0 Å². The summed E-state index contributed by atoms with van der Waals surface area (Å²) in [5.41, 5.74) is 0. The lowest BCUT2D eigenvalue weighted by Crippen LogP contribution is -2.59. The molecule has 6 nitrogen and oxygen atoms in total. The van der Waals surface area contributed by atoms with Crippen LogP contribution in [0.2, 0.25) is 0 Å². The first-order valence-electron chi connectivity index (χ1n) is 8.09. The summed E-state index contributed by atoms with van der Waals surface area (Å²) in [6.07, 6.45) is 6.54. The molecule has 1 atom stereocenters. The van der Waals surface area contributed by atoms with Crippen LogP contribution in [-0.2, 0) is 0 Å². The van der Waals surface area contributed by atoms with Gasteiger partial charge in [-0.3, -0.25) is 4.98 Å². The van der Waals surface area contributed by atoms with Crippen LogP contribution in [0.1, 0.15) is 6.42 Å². The van der Waals surface area contributed by atoms with Crippen molar-refractivity contribution in [1.29, 1.82) is 0 Å². The number of aromatic nitrogens is 3. The molecule has 1 spiro atoms. The van der Waals surface area contributed by atoms with Crippen LogP contribution < -0.4 is 14.5 Å². The van der Waals surface area contributed by atoms with E-state index in [4.69, 9.17) is 4.74 Å². The summed E-state index contributed by atoms with van der Waals surface area (Å²) in [7, 11) is 3.99. The minimum atomic E-state index is 0.268. The predicted octanol–water partition coefficient (Wildman–Crippen LogP) is 2.08. The lowest BCUT2D eigenvalue weighted by molar-refractivity contribution is 0.201. The minimum absolute atomic E-state index is 0.268. The molecule has 4 heterocycles. The van der Waals surface area contributed by atoms with Crippen molar-refractivity contribution in [3.05, 3.63) is 36.9 Å². The molecule has 0 aromatic carbocycles. The van der Waals surface area contributed by atoms with Gasteiger partial charge in [0.2, 0.25) is 0 Å². The van der Waals surface area contributed by atoms with Gasteiger partial charge in [-0.1, -0.05) is 0 Å². The SMILES string of the molecule is CN(C)c1cc(N2CC3(C[C@H](Oc4cccnc4)CS3)C2)ncn1. The van der Waals surface area contributed by atoms with Crippen LogP contribution in [0.15, 0.2) is 36.9 Å². The second-order valence-corrected chi connectivity index (χ2v) is 8.10. The summed E-state index contributed by atoms with van der Waals surface area (Å²) in [5, 5.41) is 0. The zero-order chi connectivity index (χ0) is 16.6. The van der Waals surface area contributed by atoms with E-state index in [0.29, 0.717) is 4.75 Å². The quantitative estimate of drug-likeness (QED) is 0.842. The highest BCUT2D eigenvalue weighted by Gasteiger charge is 2.50. The van der Waals surface area contributed by atoms with E-state index in [2.05, 4.69) is 25.9 Å². The second-order valence-electron chi connectivity index (χ2n) is 6.61. The molecule has 0 unspecified atom stereocenters. The van der Waals surface area contributed by atoms with E-state index >= 15 is 0 Å². The molecular weight excluding hydrogens is 322 g/mol. The first-order chi connectivity index (χ1) is 11.6. The second kappa shape index (κ2) is 6.12. The Morgan fingerprint density at radius 3 is 2.96 bits per heavy atom. The van der Waals surface area contributed by atoms with Gasteiger partial charge in [-0.15, -0.1) is 11.8 Å². The molecule has 2 saturated heterocycles. The van der Waals surface area contributed by atoms with Crippen LogP contribution in [0.5, 0.6) is 5.75 Å². The molecule has 4 rings (SSSR count). The molecule has 0 N–H and O–H groups in total. The van der Waals surface area contributed by atoms with E-state index in [1.54, 1.807) is 18.7 Å². The van der Waals surface area contributed by atoms with Gasteiger partial charge in [0.05, 0.1) is 10.9 Å². The first kappa shape index (κ1) is 15.5. The maximum absolute atomic E-state index is 6.06. The van der Waals surface area contributed by atoms with Gasteiger partial charge in [0, 0.05) is 51.6 Å². The topological polar surface area (TPSA) is 54.4 Å². The third-order valence-electron chi connectivity index (χ3n) is 4.49. The Hall–Kier alpha value is -2.02. The van der Waals surface area contributed by atoms with E-state index in [-0.39, 0.29) is 6.10 Å². The fourth-order valence-electron chi connectivity index (χ4n) is 3.27. The maximum atomic E-state index is 6.06. The van der Waals surface area contributed by atoms with Crippen LogP contribution in [0.3, 0.4) is 0 Å². The van der Waals surface area contributed by atoms with Crippen LogP contribution >= 0.6 is 11.8 Å². The van der Waals surface area contributed by atoms with Crippen LogP contribution in [0.25, 0.3) is 0 Å². The summed E-state index contributed by atoms with van der Waals surface area (Å²) in [5.74, 6) is 3.85. The number of ether oxygens (including phenoxy) is 1. The summed E-state index contributed by atoms with van der Waals surface area (Å²) < 4.78 is 6.37. The Bertz CT molecular complexity index is 705. The molecular formula is C17H21N5OS. The number of anilines is 2. The molecule has 7 heteroatoms. The van der Waals surface area contributed by atoms with Crippen molar-refractivity contribution >= 4 is 23.4 Å². The highest BCUT2D eigenvalue weighted by Crippen LogP contribution is 2.47. The zero-order valence-corrected chi connectivity index (χ0v) is 14.7. The van der Waals surface area contributed by atoms with E-state index < -0.39 is 0 Å². The Balaban J connectivity index is 1.36. The molecule has 2 aliphatic rings. The normalized spacial score (nSPS) is 21.6. The van der Waals surface area contributed by atoms with Gasteiger partial charge in [-0.05, 0) is 12.1 Å². The van der Waals surface area contributed by atoms with Crippen molar-refractivity contribution in [2.45, 2.75) is 17.3 Å². The number of hydrogen-bond donors (Lipinski definition) is 0. The Labute approximate surface area is 146 Å². The fourth-order valence-corrected chi connectivity index (χ4v) is 4.80. The van der Waals surface area contributed by atoms with Gasteiger partial charge in [-0.2, -0.15) is 0 Å². The van der Waals surface area contributed by atoms with Crippen molar-refractivity contribution in [1.82, 2.24) is 15.0 Å². The molecule has 126 valence electrons. The van der Waals surface area contributed by atoms with E-state index in [0.717, 1.165) is 42.6 Å². The molecule has 24 heavy (non-hydrogen) atoms. The van der Waals surface area contributed by atoms with Crippen molar-refractivity contribution in [2.24, 2.45) is 0 Å². The van der Waals surface area contributed by atoms with Crippen molar-refractivity contribution in [2.75, 3.05) is 42.7 Å². The van der Waals surface area contributed by atoms with Gasteiger partial charge < -0.3 is 14.5 Å². The Morgan fingerprint density at radius 1 is 1.33 bits per heavy atom. The molecule has 2 aromatic rings. The number of pyridine rings is 1. The minimum Gasteiger partial charge on any atom is -0.488 e. The number of nitrogens with zero attached hydrogens (tertiary/aromatic N) is 5. The van der Waals surface area contributed by atoms with Gasteiger partial charge >= 0.3 is 0 Å². The van der Waals surface area contributed by atoms with Gasteiger partial charge in [0.15, 0.2) is 0 Å². The van der Waals surface area contributed by atoms with Gasteiger partial charge in [0.25, 0.3) is 0 Å². The van der Waals surface area contributed by atoms with Crippen LogP contribution in [-0.4, -0.2) is 58.7 Å². The Kier molecular flexibility index (Phi) is 3.96. The standard InChI is InChI=1S/C17H21N5OS/c1-21(2)15-6-16(20-12-19-15)22-10-17(11-22)7-14(9-24-17)23-13-4-3-5-18-8-13/h3-6,8,12,14H,7,9-11H2,1-2H3/t14-/m0/s1. The average molecular weight is 343 g/mol. The van der Waals surface area contributed by atoms with Crippen LogP contribution in [0.4, 0.5) is 11.6 Å². The molecule has 0 aliphatic carbocycles. The summed E-state index contributed by atoms with van der Waals surface area (Å²) in [6, 6.07) is 5.94. The first-order valence-corrected chi connectivity index (χ1v) is 9.07. The van der Waals surface area contributed by atoms with E-state index in [1.807, 2.05) is 42.9 Å². The largest absolute Gasteiger partial charge is 0.488 e. The van der Waals surface area contributed by atoms with Crippen LogP contribution in [0, 0.1) is 0 Å². The zero-order valence-electron chi connectivity index (χ0n) is 13.9. The Morgan fingerprint density at radius 2 is 2.21 bits per heavy atom. The summed E-state index contributed by atoms with van der Waals surface area (Å²) in [6.45, 7) is 2.04. The predicted molar refractivity (Wildman–Crippen MR) is 97.0 cm³/mol. The van der Waals surface area contributed by atoms with Crippen molar-refractivity contribution < 1.29 is 4.74 Å².